The van der Waals surface area contributed by atoms with E-state index < -0.39 is 0 Å². The molecule has 1 saturated carbocycles. The molecule has 5 rings (SSSR count). The van der Waals surface area contributed by atoms with E-state index in [9.17, 15) is 9.59 Å². The van der Waals surface area contributed by atoms with Crippen LogP contribution >= 0.6 is 11.6 Å². The van der Waals surface area contributed by atoms with Gasteiger partial charge in [0.15, 0.2) is 0 Å². The highest BCUT2D eigenvalue weighted by atomic mass is 35.5. The molecule has 0 bridgehead atoms. The predicted molar refractivity (Wildman–Crippen MR) is 150 cm³/mol. The second-order valence-electron chi connectivity index (χ2n) is 11.3. The number of piperidine rings is 1. The summed E-state index contributed by atoms with van der Waals surface area (Å²) in [6.07, 6.45) is 7.86. The molecule has 38 heavy (non-hydrogen) atoms. The average Bonchev–Trinajstić information content (AvgIpc) is 3.58. The maximum absolute atomic E-state index is 13.5. The molecule has 2 aromatic rings. The van der Waals surface area contributed by atoms with Gasteiger partial charge in [0.2, 0.25) is 11.8 Å². The molecule has 1 spiro atoms. The fraction of sp³-hybridized carbons (Fsp3) is 0.548. The van der Waals surface area contributed by atoms with Crippen molar-refractivity contribution in [1.29, 1.82) is 0 Å². The van der Waals surface area contributed by atoms with E-state index in [0.29, 0.717) is 17.5 Å². The van der Waals surface area contributed by atoms with Gasteiger partial charge in [0.05, 0.1) is 18.6 Å². The second kappa shape index (κ2) is 12.1. The third-order valence-corrected chi connectivity index (χ3v) is 9.21. The van der Waals surface area contributed by atoms with E-state index in [0.717, 1.165) is 94.4 Å². The van der Waals surface area contributed by atoms with Crippen LogP contribution in [0.1, 0.15) is 68.5 Å². The Kier molecular flexibility index (Phi) is 8.59. The fourth-order valence-electron chi connectivity index (χ4n) is 6.50. The largest absolute Gasteiger partial charge is 0.497 e. The Hall–Kier alpha value is -2.57. The summed E-state index contributed by atoms with van der Waals surface area (Å²) < 4.78 is 5.26. The third kappa shape index (κ3) is 6.18. The third-order valence-electron chi connectivity index (χ3n) is 8.97. The maximum atomic E-state index is 13.5. The number of carbonyl (C=O) groups excluding carboxylic acids is 2. The van der Waals surface area contributed by atoms with Crippen LogP contribution in [0.25, 0.3) is 0 Å². The average molecular weight is 538 g/mol. The van der Waals surface area contributed by atoms with Crippen LogP contribution in [0.4, 0.5) is 0 Å². The van der Waals surface area contributed by atoms with Crippen molar-refractivity contribution in [2.75, 3.05) is 33.3 Å². The molecule has 1 aliphatic carbocycles. The highest BCUT2D eigenvalue weighted by Crippen LogP contribution is 2.42. The number of amides is 2. The number of hydrogen-bond donors (Lipinski definition) is 1. The van der Waals surface area contributed by atoms with Crippen LogP contribution in [-0.2, 0) is 16.1 Å². The number of likely N-dealkylation sites (tertiary alicyclic amines) is 2. The zero-order chi connectivity index (χ0) is 26.5. The van der Waals surface area contributed by atoms with Gasteiger partial charge in [-0.3, -0.25) is 9.59 Å². The quantitative estimate of drug-likeness (QED) is 0.452. The van der Waals surface area contributed by atoms with Crippen molar-refractivity contribution in [1.82, 2.24) is 15.1 Å². The SMILES string of the molecule is COc1ccc(CN2CCC3(CCN(CCC(NC(=O)C4CCCC4)c4cccc(Cl)c4)CC3)C2=O)cc1. The minimum absolute atomic E-state index is 0.0502. The first-order chi connectivity index (χ1) is 18.5. The zero-order valence-electron chi connectivity index (χ0n) is 22.5. The van der Waals surface area contributed by atoms with Crippen LogP contribution in [-0.4, -0.2) is 54.9 Å². The van der Waals surface area contributed by atoms with Crippen LogP contribution in [0.15, 0.2) is 48.5 Å². The molecule has 2 saturated heterocycles. The Labute approximate surface area is 231 Å². The van der Waals surface area contributed by atoms with Crippen molar-refractivity contribution in [2.24, 2.45) is 11.3 Å². The van der Waals surface area contributed by atoms with Gasteiger partial charge in [-0.1, -0.05) is 48.7 Å². The minimum atomic E-state index is -0.216. The summed E-state index contributed by atoms with van der Waals surface area (Å²) in [5.41, 5.74) is 1.99. The molecule has 3 aliphatic rings. The molecule has 2 aromatic carbocycles. The normalized spacial score (nSPS) is 20.7. The van der Waals surface area contributed by atoms with Crippen molar-refractivity contribution in [3.8, 4) is 5.75 Å². The number of nitrogens with one attached hydrogen (secondary N) is 1. The van der Waals surface area contributed by atoms with Crippen molar-refractivity contribution >= 4 is 23.4 Å². The van der Waals surface area contributed by atoms with Gasteiger partial charge in [-0.05, 0) is 87.0 Å². The molecule has 1 N–H and O–H groups in total. The van der Waals surface area contributed by atoms with Gasteiger partial charge in [0.1, 0.15) is 5.75 Å². The lowest BCUT2D eigenvalue weighted by Gasteiger charge is -2.38. The van der Waals surface area contributed by atoms with Gasteiger partial charge < -0.3 is 19.9 Å². The summed E-state index contributed by atoms with van der Waals surface area (Å²) in [6, 6.07) is 15.8. The molecule has 3 fully saturated rings. The zero-order valence-corrected chi connectivity index (χ0v) is 23.2. The summed E-state index contributed by atoms with van der Waals surface area (Å²) in [5.74, 6) is 1.47. The number of hydrogen-bond acceptors (Lipinski definition) is 4. The Morgan fingerprint density at radius 3 is 2.47 bits per heavy atom. The van der Waals surface area contributed by atoms with Gasteiger partial charge in [-0.25, -0.2) is 0 Å². The summed E-state index contributed by atoms with van der Waals surface area (Å²) in [7, 11) is 1.67. The van der Waals surface area contributed by atoms with Crippen LogP contribution in [0, 0.1) is 11.3 Å². The molecule has 2 heterocycles. The number of methoxy groups -OCH3 is 1. The first-order valence-electron chi connectivity index (χ1n) is 14.2. The van der Waals surface area contributed by atoms with E-state index in [1.807, 2.05) is 47.4 Å². The Morgan fingerprint density at radius 1 is 1.08 bits per heavy atom. The van der Waals surface area contributed by atoms with Gasteiger partial charge in [0, 0.05) is 30.6 Å². The van der Waals surface area contributed by atoms with Crippen LogP contribution in [0.3, 0.4) is 0 Å². The van der Waals surface area contributed by atoms with Gasteiger partial charge >= 0.3 is 0 Å². The van der Waals surface area contributed by atoms with E-state index >= 15 is 0 Å². The first-order valence-corrected chi connectivity index (χ1v) is 14.5. The molecule has 0 radical (unpaired) electrons. The topological polar surface area (TPSA) is 61.9 Å². The minimum Gasteiger partial charge on any atom is -0.497 e. The Balaban J connectivity index is 1.15. The molecule has 2 amide bonds. The lowest BCUT2D eigenvalue weighted by Crippen LogP contribution is -2.45. The number of benzene rings is 2. The van der Waals surface area contributed by atoms with E-state index in [1.54, 1.807) is 7.11 Å². The van der Waals surface area contributed by atoms with E-state index in [4.69, 9.17) is 16.3 Å². The molecule has 204 valence electrons. The lowest BCUT2D eigenvalue weighted by molar-refractivity contribution is -0.139. The van der Waals surface area contributed by atoms with Crippen molar-refractivity contribution in [3.05, 3.63) is 64.7 Å². The number of carbonyl (C=O) groups is 2. The Morgan fingerprint density at radius 2 is 1.79 bits per heavy atom. The summed E-state index contributed by atoms with van der Waals surface area (Å²) in [4.78, 5) is 30.9. The highest BCUT2D eigenvalue weighted by Gasteiger charge is 2.47. The van der Waals surface area contributed by atoms with Gasteiger partial charge in [0.25, 0.3) is 0 Å². The van der Waals surface area contributed by atoms with Gasteiger partial charge in [-0.15, -0.1) is 0 Å². The molecule has 1 atom stereocenters. The monoisotopic (exact) mass is 537 g/mol. The summed E-state index contributed by atoms with van der Waals surface area (Å²) >= 11 is 6.30. The second-order valence-corrected chi connectivity index (χ2v) is 11.8. The standard InChI is InChI=1S/C31H40ClN3O3/c1-38-27-11-9-23(10-12-27)22-35-20-16-31(30(35)37)14-18-34(19-15-31)17-13-28(25-7-4-8-26(32)21-25)33-29(36)24-5-2-3-6-24/h4,7-12,21,24,28H,2-3,5-6,13-20,22H2,1H3,(H,33,36). The Bertz CT molecular complexity index is 1110. The van der Waals surface area contributed by atoms with Gasteiger partial charge in [-0.2, -0.15) is 0 Å². The maximum Gasteiger partial charge on any atom is 0.229 e. The molecule has 2 aliphatic heterocycles. The number of halogens is 1. The number of rotatable bonds is 9. The summed E-state index contributed by atoms with van der Waals surface area (Å²) in [5, 5.41) is 4.04. The van der Waals surface area contributed by atoms with Crippen LogP contribution in [0.5, 0.6) is 5.75 Å². The van der Waals surface area contributed by atoms with Crippen molar-refractivity contribution in [2.45, 2.75) is 64.0 Å². The summed E-state index contributed by atoms with van der Waals surface area (Å²) in [6.45, 7) is 4.22. The predicted octanol–water partition coefficient (Wildman–Crippen LogP) is 5.60. The highest BCUT2D eigenvalue weighted by molar-refractivity contribution is 6.30. The van der Waals surface area contributed by atoms with Crippen LogP contribution in [0.2, 0.25) is 5.02 Å². The van der Waals surface area contributed by atoms with E-state index in [-0.39, 0.29) is 23.3 Å². The first kappa shape index (κ1) is 27.0. The smallest absolute Gasteiger partial charge is 0.229 e. The number of nitrogens with zero attached hydrogens (tertiary/aromatic N) is 2. The fourth-order valence-corrected chi connectivity index (χ4v) is 6.70. The number of ether oxygens (including phenoxy) is 1. The molecular weight excluding hydrogens is 498 g/mol. The van der Waals surface area contributed by atoms with E-state index in [1.165, 1.54) is 0 Å². The molecule has 1 unspecified atom stereocenters. The lowest BCUT2D eigenvalue weighted by atomic mass is 9.77. The van der Waals surface area contributed by atoms with E-state index in [2.05, 4.69) is 16.3 Å². The molecule has 0 aromatic heterocycles. The van der Waals surface area contributed by atoms with Crippen molar-refractivity contribution in [3.63, 3.8) is 0 Å². The van der Waals surface area contributed by atoms with Crippen LogP contribution < -0.4 is 10.1 Å². The molecular formula is C31H40ClN3O3. The van der Waals surface area contributed by atoms with Crippen molar-refractivity contribution < 1.29 is 14.3 Å². The molecule has 7 heteroatoms. The molecule has 6 nitrogen and oxygen atoms in total.